The van der Waals surface area contributed by atoms with E-state index in [0.29, 0.717) is 6.61 Å². The van der Waals surface area contributed by atoms with Crippen LogP contribution >= 0.6 is 0 Å². The number of ether oxygens (including phenoxy) is 3. The van der Waals surface area contributed by atoms with E-state index in [-0.39, 0.29) is 6.61 Å². The highest BCUT2D eigenvalue weighted by molar-refractivity contribution is 5.66. The van der Waals surface area contributed by atoms with Crippen LogP contribution in [-0.4, -0.2) is 31.4 Å². The van der Waals surface area contributed by atoms with Gasteiger partial charge in [-0.05, 0) is 6.92 Å². The number of carbonyl (C=O) groups excluding carboxylic acids is 2. The zero-order valence-electron chi connectivity index (χ0n) is 8.03. The molecule has 0 saturated heterocycles. The van der Waals surface area contributed by atoms with E-state index in [1.165, 1.54) is 13.8 Å². The second kappa shape index (κ2) is 6.42. The van der Waals surface area contributed by atoms with Crippen molar-refractivity contribution >= 4 is 11.9 Å². The van der Waals surface area contributed by atoms with Gasteiger partial charge < -0.3 is 14.2 Å². The van der Waals surface area contributed by atoms with E-state index in [9.17, 15) is 9.59 Å². The van der Waals surface area contributed by atoms with Gasteiger partial charge >= 0.3 is 11.9 Å². The average Bonchev–Trinajstić information content (AvgIpc) is 1.99. The Morgan fingerprint density at radius 3 is 2.23 bits per heavy atom. The van der Waals surface area contributed by atoms with Gasteiger partial charge in [-0.1, -0.05) is 0 Å². The maximum Gasteiger partial charge on any atom is 0.305 e. The van der Waals surface area contributed by atoms with Gasteiger partial charge in [0.15, 0.2) is 6.61 Å². The molecule has 0 aliphatic carbocycles. The molecule has 0 amide bonds. The van der Waals surface area contributed by atoms with E-state index in [1.54, 1.807) is 6.92 Å². The number of hydrogen-bond acceptors (Lipinski definition) is 5. The fourth-order valence-corrected chi connectivity index (χ4v) is 0.673. The van der Waals surface area contributed by atoms with Crippen LogP contribution < -0.4 is 0 Å². The van der Waals surface area contributed by atoms with Crippen molar-refractivity contribution in [2.24, 2.45) is 0 Å². The molecule has 0 rings (SSSR count). The molecule has 0 bridgehead atoms. The lowest BCUT2D eigenvalue weighted by atomic mass is 10.6. The predicted molar refractivity (Wildman–Crippen MR) is 43.8 cm³/mol. The minimum atomic E-state index is -0.800. The van der Waals surface area contributed by atoms with Crippen LogP contribution in [-0.2, 0) is 23.8 Å². The molecular formula is C8H14O5. The van der Waals surface area contributed by atoms with Crippen LogP contribution in [0.4, 0.5) is 0 Å². The Kier molecular flexibility index (Phi) is 5.88. The van der Waals surface area contributed by atoms with Gasteiger partial charge in [0.2, 0.25) is 6.29 Å². The van der Waals surface area contributed by atoms with Crippen LogP contribution in [0, 0.1) is 0 Å². The molecule has 0 aliphatic heterocycles. The van der Waals surface area contributed by atoms with E-state index in [2.05, 4.69) is 4.74 Å². The van der Waals surface area contributed by atoms with Crippen molar-refractivity contribution in [1.29, 1.82) is 0 Å². The van der Waals surface area contributed by atoms with E-state index in [1.807, 2.05) is 0 Å². The van der Waals surface area contributed by atoms with Gasteiger partial charge in [-0.15, -0.1) is 0 Å². The first-order valence-electron chi connectivity index (χ1n) is 3.98. The van der Waals surface area contributed by atoms with Gasteiger partial charge in [0.25, 0.3) is 0 Å². The number of esters is 2. The highest BCUT2D eigenvalue weighted by Crippen LogP contribution is 1.97. The summed E-state index contributed by atoms with van der Waals surface area (Å²) in [7, 11) is 0. The molecule has 0 radical (unpaired) electrons. The second-order valence-corrected chi connectivity index (χ2v) is 2.30. The molecule has 76 valence electrons. The zero-order valence-corrected chi connectivity index (χ0v) is 8.03. The first-order chi connectivity index (χ1) is 6.06. The topological polar surface area (TPSA) is 61.8 Å². The molecular weight excluding hydrogens is 176 g/mol. The average molecular weight is 190 g/mol. The Bertz CT molecular complexity index is 177. The predicted octanol–water partition coefficient (Wildman–Crippen LogP) is 0.475. The third-order valence-electron chi connectivity index (χ3n) is 1.07. The molecule has 0 heterocycles. The normalized spacial score (nSPS) is 11.9. The summed E-state index contributed by atoms with van der Waals surface area (Å²) in [5.74, 6) is -0.901. The molecule has 0 aromatic rings. The minimum Gasteiger partial charge on any atom is -0.459 e. The van der Waals surface area contributed by atoms with Crippen LogP contribution in [0.15, 0.2) is 0 Å². The van der Waals surface area contributed by atoms with Gasteiger partial charge in [0.05, 0.1) is 0 Å². The SMILES string of the molecule is CCOC(COC(C)=O)OC(C)=O. The number of carbonyl (C=O) groups is 2. The second-order valence-electron chi connectivity index (χ2n) is 2.30. The number of rotatable bonds is 5. The zero-order chi connectivity index (χ0) is 10.3. The van der Waals surface area contributed by atoms with Crippen molar-refractivity contribution in [3.8, 4) is 0 Å². The van der Waals surface area contributed by atoms with Crippen LogP contribution in [0.5, 0.6) is 0 Å². The molecule has 0 N–H and O–H groups in total. The monoisotopic (exact) mass is 190 g/mol. The van der Waals surface area contributed by atoms with Gasteiger partial charge in [0.1, 0.15) is 0 Å². The third kappa shape index (κ3) is 7.27. The van der Waals surface area contributed by atoms with E-state index in [0.717, 1.165) is 0 Å². The van der Waals surface area contributed by atoms with Crippen LogP contribution in [0.25, 0.3) is 0 Å². The molecule has 0 aromatic heterocycles. The summed E-state index contributed by atoms with van der Waals surface area (Å²) >= 11 is 0. The lowest BCUT2D eigenvalue weighted by Crippen LogP contribution is -2.26. The molecule has 5 nitrogen and oxygen atoms in total. The summed E-state index contributed by atoms with van der Waals surface area (Å²) in [5.41, 5.74) is 0. The summed E-state index contributed by atoms with van der Waals surface area (Å²) < 4.78 is 14.3. The van der Waals surface area contributed by atoms with E-state index in [4.69, 9.17) is 9.47 Å². The van der Waals surface area contributed by atoms with Gasteiger partial charge in [0, 0.05) is 20.5 Å². The molecule has 0 saturated carbocycles. The molecule has 5 heteroatoms. The molecule has 13 heavy (non-hydrogen) atoms. The van der Waals surface area contributed by atoms with Crippen molar-refractivity contribution in [3.05, 3.63) is 0 Å². The Balaban J connectivity index is 3.79. The minimum absolute atomic E-state index is 0.0667. The largest absolute Gasteiger partial charge is 0.459 e. The summed E-state index contributed by atoms with van der Waals surface area (Å²) in [6.07, 6.45) is -0.800. The highest BCUT2D eigenvalue weighted by atomic mass is 16.7. The Labute approximate surface area is 77.0 Å². The molecule has 0 fully saturated rings. The van der Waals surface area contributed by atoms with Crippen LogP contribution in [0.3, 0.4) is 0 Å². The summed E-state index contributed by atoms with van der Waals surface area (Å²) in [6.45, 7) is 4.61. The maximum absolute atomic E-state index is 10.5. The Hall–Kier alpha value is -1.10. The van der Waals surface area contributed by atoms with E-state index < -0.39 is 18.2 Å². The summed E-state index contributed by atoms with van der Waals surface area (Å²) in [6, 6.07) is 0. The van der Waals surface area contributed by atoms with E-state index >= 15 is 0 Å². The first-order valence-corrected chi connectivity index (χ1v) is 3.98. The van der Waals surface area contributed by atoms with Crippen molar-refractivity contribution < 1.29 is 23.8 Å². The molecule has 0 spiro atoms. The van der Waals surface area contributed by atoms with Crippen LogP contribution in [0.2, 0.25) is 0 Å². The van der Waals surface area contributed by atoms with Gasteiger partial charge in [-0.2, -0.15) is 0 Å². The molecule has 0 aromatic carbocycles. The van der Waals surface area contributed by atoms with Gasteiger partial charge in [-0.3, -0.25) is 9.59 Å². The molecule has 1 unspecified atom stereocenters. The standard InChI is InChI=1S/C8H14O5/c1-4-11-8(13-7(3)10)5-12-6(2)9/h8H,4-5H2,1-3H3. The van der Waals surface area contributed by atoms with Crippen molar-refractivity contribution in [2.75, 3.05) is 13.2 Å². The van der Waals surface area contributed by atoms with Gasteiger partial charge in [-0.25, -0.2) is 0 Å². The summed E-state index contributed by atoms with van der Waals surface area (Å²) in [4.78, 5) is 21.0. The maximum atomic E-state index is 10.5. The highest BCUT2D eigenvalue weighted by Gasteiger charge is 2.12. The smallest absolute Gasteiger partial charge is 0.305 e. The van der Waals surface area contributed by atoms with Crippen LogP contribution in [0.1, 0.15) is 20.8 Å². The summed E-state index contributed by atoms with van der Waals surface area (Å²) in [5, 5.41) is 0. The molecule has 1 atom stereocenters. The number of hydrogen-bond donors (Lipinski definition) is 0. The molecule has 0 aliphatic rings. The quantitative estimate of drug-likeness (QED) is 0.466. The van der Waals surface area contributed by atoms with Crippen molar-refractivity contribution in [3.63, 3.8) is 0 Å². The fourth-order valence-electron chi connectivity index (χ4n) is 0.673. The first kappa shape index (κ1) is 11.9. The Morgan fingerprint density at radius 1 is 1.23 bits per heavy atom. The van der Waals surface area contributed by atoms with Crippen molar-refractivity contribution in [1.82, 2.24) is 0 Å². The third-order valence-corrected chi connectivity index (χ3v) is 1.07. The fraction of sp³-hybridized carbons (Fsp3) is 0.750. The Morgan fingerprint density at radius 2 is 1.85 bits per heavy atom. The lowest BCUT2D eigenvalue weighted by Gasteiger charge is -2.15. The van der Waals surface area contributed by atoms with Crippen molar-refractivity contribution in [2.45, 2.75) is 27.1 Å². The lowest BCUT2D eigenvalue weighted by molar-refractivity contribution is -0.190.